The first-order chi connectivity index (χ1) is 19.0. The van der Waals surface area contributed by atoms with Gasteiger partial charge in [-0.15, -0.1) is 0 Å². The van der Waals surface area contributed by atoms with Gasteiger partial charge in [-0.3, -0.25) is 4.79 Å². The first-order valence-electron chi connectivity index (χ1n) is 14.0. The highest BCUT2D eigenvalue weighted by Gasteiger charge is 2.55. The topological polar surface area (TPSA) is 91.3 Å². The summed E-state index contributed by atoms with van der Waals surface area (Å²) in [7, 11) is 1.42. The number of methoxy groups -OCH3 is 1. The maximum absolute atomic E-state index is 13.8. The highest BCUT2D eigenvalue weighted by Crippen LogP contribution is 2.59. The molecule has 40 heavy (non-hydrogen) atoms. The van der Waals surface area contributed by atoms with Crippen LogP contribution >= 0.6 is 23.2 Å². The Morgan fingerprint density at radius 2 is 1.95 bits per heavy atom. The molecule has 2 aromatic rings. The first-order valence-corrected chi connectivity index (χ1v) is 14.7. The third-order valence-electron chi connectivity index (χ3n) is 8.98. The molecule has 0 unspecified atom stereocenters. The van der Waals surface area contributed by atoms with E-state index in [1.807, 2.05) is 20.8 Å². The second kappa shape index (κ2) is 11.1. The van der Waals surface area contributed by atoms with Gasteiger partial charge < -0.3 is 24.1 Å². The summed E-state index contributed by atoms with van der Waals surface area (Å²) in [6.07, 6.45) is 4.30. The number of carbonyl (C=O) groups is 2. The van der Waals surface area contributed by atoms with E-state index in [9.17, 15) is 14.7 Å². The van der Waals surface area contributed by atoms with E-state index in [-0.39, 0.29) is 63.0 Å². The highest BCUT2D eigenvalue weighted by atomic mass is 35.5. The second-order valence-corrected chi connectivity index (χ2v) is 12.5. The van der Waals surface area contributed by atoms with E-state index in [0.717, 1.165) is 25.7 Å². The Bertz CT molecular complexity index is 1350. The summed E-state index contributed by atoms with van der Waals surface area (Å²) in [5.41, 5.74) is 0.754. The number of halogens is 2. The number of hydrogen-bond donors (Lipinski definition) is 1. The van der Waals surface area contributed by atoms with Gasteiger partial charge in [-0.2, -0.15) is 0 Å². The number of esters is 2. The minimum atomic E-state index is -0.860. The molecule has 0 saturated heterocycles. The number of rotatable bonds is 7. The third-order valence-corrected chi connectivity index (χ3v) is 9.95. The lowest BCUT2D eigenvalue weighted by Gasteiger charge is -2.34. The van der Waals surface area contributed by atoms with Crippen LogP contribution < -0.4 is 14.2 Å². The number of hydrogen-bond acceptors (Lipinski definition) is 7. The zero-order valence-electron chi connectivity index (χ0n) is 23.6. The fourth-order valence-corrected chi connectivity index (χ4v) is 7.36. The predicted octanol–water partition coefficient (Wildman–Crippen LogP) is 7.97. The molecule has 4 atom stereocenters. The number of cyclic esters (lactones) is 1. The molecule has 3 aliphatic rings. The van der Waals surface area contributed by atoms with Gasteiger partial charge in [0.05, 0.1) is 34.2 Å². The van der Waals surface area contributed by atoms with Gasteiger partial charge in [0.15, 0.2) is 11.5 Å². The van der Waals surface area contributed by atoms with Crippen LogP contribution in [0.3, 0.4) is 0 Å². The summed E-state index contributed by atoms with van der Waals surface area (Å²) in [4.78, 5) is 27.1. The Morgan fingerprint density at radius 1 is 1.20 bits per heavy atom. The van der Waals surface area contributed by atoms with E-state index in [2.05, 4.69) is 0 Å². The van der Waals surface area contributed by atoms with Crippen molar-refractivity contribution < 1.29 is 33.6 Å². The Hall–Kier alpha value is -2.48. The van der Waals surface area contributed by atoms with Crippen molar-refractivity contribution in [1.82, 2.24) is 0 Å². The molecule has 0 aromatic heterocycles. The quantitative estimate of drug-likeness (QED) is 0.258. The molecule has 1 N–H and O–H groups in total. The molecule has 2 bridgehead atoms. The van der Waals surface area contributed by atoms with Gasteiger partial charge in [0.25, 0.3) is 0 Å². The van der Waals surface area contributed by atoms with E-state index in [0.29, 0.717) is 35.4 Å². The van der Waals surface area contributed by atoms with Gasteiger partial charge >= 0.3 is 11.9 Å². The summed E-state index contributed by atoms with van der Waals surface area (Å²) in [6.45, 7) is 7.51. The fraction of sp³-hybridized carbons (Fsp3) is 0.548. The molecule has 2 fully saturated rings. The molecule has 216 valence electrons. The van der Waals surface area contributed by atoms with Crippen molar-refractivity contribution in [2.24, 2.45) is 23.2 Å². The van der Waals surface area contributed by atoms with Crippen LogP contribution in [-0.2, 0) is 16.1 Å². The molecule has 2 aromatic carbocycles. The Morgan fingerprint density at radius 3 is 2.55 bits per heavy atom. The van der Waals surface area contributed by atoms with Crippen LogP contribution in [0.4, 0.5) is 0 Å². The summed E-state index contributed by atoms with van der Waals surface area (Å²) >= 11 is 13.4. The molecule has 9 heteroatoms. The van der Waals surface area contributed by atoms with Gasteiger partial charge in [-0.1, -0.05) is 50.4 Å². The SMILES string of the molecule is CC[C@]1(C(=O)Oc2c(Cl)c(C)c(Cl)c3c2Oc2ccc([C@@H](O)CC(C)C)c(OC)c2C(=O)OC3)C[C@H]2CC[C@@H]1C2. The van der Waals surface area contributed by atoms with E-state index in [4.69, 9.17) is 42.1 Å². The predicted molar refractivity (Wildman–Crippen MR) is 152 cm³/mol. The van der Waals surface area contributed by atoms with Crippen molar-refractivity contribution in [3.05, 3.63) is 44.4 Å². The van der Waals surface area contributed by atoms with Crippen molar-refractivity contribution >= 4 is 35.1 Å². The first kappa shape index (κ1) is 29.0. The lowest BCUT2D eigenvalue weighted by molar-refractivity contribution is -0.149. The number of benzene rings is 2. The number of aliphatic hydroxyl groups excluding tert-OH is 1. The van der Waals surface area contributed by atoms with Gasteiger partial charge in [0.2, 0.25) is 0 Å². The minimum Gasteiger partial charge on any atom is -0.495 e. The molecule has 2 saturated carbocycles. The van der Waals surface area contributed by atoms with Crippen LogP contribution in [0.1, 0.15) is 92.4 Å². The van der Waals surface area contributed by atoms with E-state index in [1.54, 1.807) is 19.1 Å². The second-order valence-electron chi connectivity index (χ2n) is 11.8. The average molecular weight is 592 g/mol. The van der Waals surface area contributed by atoms with Gasteiger partial charge in [0.1, 0.15) is 23.7 Å². The number of fused-ring (bicyclic) bond motifs is 4. The normalized spacial score (nSPS) is 24.0. The monoisotopic (exact) mass is 590 g/mol. The van der Waals surface area contributed by atoms with Crippen molar-refractivity contribution in [3.8, 4) is 23.0 Å². The third kappa shape index (κ3) is 4.74. The molecule has 0 spiro atoms. The van der Waals surface area contributed by atoms with Crippen LogP contribution in [-0.4, -0.2) is 24.2 Å². The zero-order chi connectivity index (χ0) is 28.9. The van der Waals surface area contributed by atoms with Crippen molar-refractivity contribution in [2.45, 2.75) is 78.9 Å². The molecular formula is C31H36Cl2O7. The molecule has 2 aliphatic carbocycles. The van der Waals surface area contributed by atoms with E-state index >= 15 is 0 Å². The van der Waals surface area contributed by atoms with Gasteiger partial charge in [-0.25, -0.2) is 4.79 Å². The maximum atomic E-state index is 13.8. The van der Waals surface area contributed by atoms with Crippen LogP contribution in [0, 0.1) is 30.1 Å². The van der Waals surface area contributed by atoms with Crippen molar-refractivity contribution in [3.63, 3.8) is 0 Å². The summed E-state index contributed by atoms with van der Waals surface area (Å²) < 4.78 is 23.8. The van der Waals surface area contributed by atoms with Gasteiger partial charge in [-0.05, 0) is 74.5 Å². The van der Waals surface area contributed by atoms with Crippen LogP contribution in [0.15, 0.2) is 12.1 Å². The molecule has 0 amide bonds. The molecule has 1 aliphatic heterocycles. The van der Waals surface area contributed by atoms with Gasteiger partial charge in [0, 0.05) is 5.56 Å². The molecule has 0 radical (unpaired) electrons. The van der Waals surface area contributed by atoms with Crippen LogP contribution in [0.2, 0.25) is 10.0 Å². The maximum Gasteiger partial charge on any atom is 0.346 e. The summed E-state index contributed by atoms with van der Waals surface area (Å²) in [6, 6.07) is 3.23. The largest absolute Gasteiger partial charge is 0.495 e. The molecule has 5 rings (SSSR count). The number of ether oxygens (including phenoxy) is 4. The Labute approximate surface area is 245 Å². The van der Waals surface area contributed by atoms with E-state index < -0.39 is 17.5 Å². The smallest absolute Gasteiger partial charge is 0.346 e. The lowest BCUT2D eigenvalue weighted by Crippen LogP contribution is -2.39. The standard InChI is InChI=1S/C31H36Cl2O7/c1-6-31(13-17-7-8-18(31)12-17)30(36)40-28-25(33)16(4)24(32)20-14-38-29(35)23-22(39-27(20)28)10-9-19(26(23)37-5)21(34)11-15(2)3/h9-10,15,17-18,21,34H,6-8,11-14H2,1-5H3/t17-,18+,21-,31-/m0/s1. The van der Waals surface area contributed by atoms with Crippen LogP contribution in [0.5, 0.6) is 23.0 Å². The van der Waals surface area contributed by atoms with Crippen LogP contribution in [0.25, 0.3) is 0 Å². The minimum absolute atomic E-state index is 0.0247. The molecular weight excluding hydrogens is 555 g/mol. The van der Waals surface area contributed by atoms with E-state index in [1.165, 1.54) is 7.11 Å². The summed E-state index contributed by atoms with van der Waals surface area (Å²) in [5.74, 6) is 0.479. The van der Waals surface area contributed by atoms with Crippen molar-refractivity contribution in [2.75, 3.05) is 7.11 Å². The average Bonchev–Trinajstić information content (AvgIpc) is 3.54. The number of carbonyl (C=O) groups excluding carboxylic acids is 2. The zero-order valence-corrected chi connectivity index (χ0v) is 25.1. The molecule has 1 heterocycles. The Kier molecular flexibility index (Phi) is 8.03. The Balaban J connectivity index is 1.61. The molecule has 7 nitrogen and oxygen atoms in total. The number of aliphatic hydroxyl groups is 1. The van der Waals surface area contributed by atoms with Crippen molar-refractivity contribution in [1.29, 1.82) is 0 Å². The lowest BCUT2D eigenvalue weighted by atomic mass is 9.71. The summed E-state index contributed by atoms with van der Waals surface area (Å²) in [5, 5.41) is 11.3. The highest BCUT2D eigenvalue weighted by molar-refractivity contribution is 6.38. The fourth-order valence-electron chi connectivity index (χ4n) is 6.86.